The van der Waals surface area contributed by atoms with Crippen LogP contribution in [0, 0.1) is 5.41 Å². The Balaban J connectivity index is 2.58. The second-order valence-electron chi connectivity index (χ2n) is 5.94. The maximum Gasteiger partial charge on any atom is 0.302 e. The van der Waals surface area contributed by atoms with Crippen LogP contribution in [0.2, 0.25) is 0 Å². The van der Waals surface area contributed by atoms with Gasteiger partial charge in [0.05, 0.1) is 33.1 Å². The van der Waals surface area contributed by atoms with Crippen molar-refractivity contribution in [3.05, 3.63) is 0 Å². The van der Waals surface area contributed by atoms with Crippen LogP contribution in [-0.2, 0) is 9.53 Å². The molecule has 0 radical (unpaired) electrons. The first-order chi connectivity index (χ1) is 6.83. The van der Waals surface area contributed by atoms with Crippen molar-refractivity contribution in [2.45, 2.75) is 32.6 Å². The lowest BCUT2D eigenvalue weighted by Crippen LogP contribution is -2.46. The molecular weight excluding hydrogens is 190 g/mol. The highest BCUT2D eigenvalue weighted by Crippen LogP contribution is 2.39. The van der Waals surface area contributed by atoms with Crippen molar-refractivity contribution in [2.24, 2.45) is 5.41 Å². The van der Waals surface area contributed by atoms with Crippen molar-refractivity contribution in [3.63, 3.8) is 0 Å². The molecular formula is C12H24NO2+. The summed E-state index contributed by atoms with van der Waals surface area (Å²) in [5.41, 5.74) is 0.240. The highest BCUT2D eigenvalue weighted by Gasteiger charge is 2.39. The number of esters is 1. The molecule has 1 rings (SSSR count). The molecule has 1 aliphatic rings. The van der Waals surface area contributed by atoms with E-state index in [0.29, 0.717) is 6.61 Å². The molecule has 0 aromatic heterocycles. The van der Waals surface area contributed by atoms with Crippen molar-refractivity contribution in [3.8, 4) is 0 Å². The lowest BCUT2D eigenvalue weighted by Gasteiger charge is -2.36. The first-order valence-electron chi connectivity index (χ1n) is 5.77. The van der Waals surface area contributed by atoms with Gasteiger partial charge in [0.15, 0.2) is 0 Å². The summed E-state index contributed by atoms with van der Waals surface area (Å²) in [4.78, 5) is 10.9. The Bertz CT molecular complexity index is 224. The number of carbonyl (C=O) groups excluding carboxylic acids is 1. The molecule has 88 valence electrons. The second kappa shape index (κ2) is 4.52. The Morgan fingerprint density at radius 2 is 1.80 bits per heavy atom. The number of quaternary nitrogens is 1. The van der Waals surface area contributed by atoms with Crippen LogP contribution >= 0.6 is 0 Å². The fraction of sp³-hybridized carbons (Fsp3) is 0.917. The van der Waals surface area contributed by atoms with Crippen LogP contribution in [0.25, 0.3) is 0 Å². The van der Waals surface area contributed by atoms with Gasteiger partial charge >= 0.3 is 5.97 Å². The average Bonchev–Trinajstić information content (AvgIpc) is 2.47. The van der Waals surface area contributed by atoms with Gasteiger partial charge in [0, 0.05) is 6.92 Å². The summed E-state index contributed by atoms with van der Waals surface area (Å²) >= 11 is 0. The van der Waals surface area contributed by atoms with E-state index in [1.165, 1.54) is 32.6 Å². The van der Waals surface area contributed by atoms with Gasteiger partial charge in [0.25, 0.3) is 0 Å². The molecule has 0 aromatic rings. The highest BCUT2D eigenvalue weighted by atomic mass is 16.5. The van der Waals surface area contributed by atoms with Crippen LogP contribution in [0.1, 0.15) is 32.6 Å². The summed E-state index contributed by atoms with van der Waals surface area (Å²) < 4.78 is 6.17. The van der Waals surface area contributed by atoms with Gasteiger partial charge in [-0.2, -0.15) is 0 Å². The second-order valence-corrected chi connectivity index (χ2v) is 5.94. The molecule has 1 fully saturated rings. The molecule has 0 amide bonds. The third-order valence-electron chi connectivity index (χ3n) is 3.06. The van der Waals surface area contributed by atoms with Gasteiger partial charge in [-0.05, 0) is 12.8 Å². The maximum absolute atomic E-state index is 10.9. The minimum Gasteiger partial charge on any atom is -0.465 e. The smallest absolute Gasteiger partial charge is 0.302 e. The zero-order valence-corrected chi connectivity index (χ0v) is 10.5. The quantitative estimate of drug-likeness (QED) is 0.527. The standard InChI is InChI=1S/C12H24NO2/c1-11(14)15-10-12(7-5-6-8-12)9-13(2,3)4/h5-10H2,1-4H3/q+1. The van der Waals surface area contributed by atoms with Gasteiger partial charge in [-0.15, -0.1) is 0 Å². The molecule has 1 aliphatic carbocycles. The molecule has 1 saturated carbocycles. The van der Waals surface area contributed by atoms with E-state index >= 15 is 0 Å². The van der Waals surface area contributed by atoms with E-state index in [1.807, 2.05) is 0 Å². The molecule has 0 atom stereocenters. The molecule has 0 aromatic carbocycles. The van der Waals surface area contributed by atoms with Crippen LogP contribution in [0.4, 0.5) is 0 Å². The minimum atomic E-state index is -0.150. The third kappa shape index (κ3) is 4.20. The zero-order valence-electron chi connectivity index (χ0n) is 10.5. The number of hydrogen-bond acceptors (Lipinski definition) is 2. The van der Waals surface area contributed by atoms with Gasteiger partial charge in [0.1, 0.15) is 6.61 Å². The molecule has 0 unspecified atom stereocenters. The van der Waals surface area contributed by atoms with Gasteiger partial charge in [-0.1, -0.05) is 12.8 Å². The molecule has 15 heavy (non-hydrogen) atoms. The summed E-state index contributed by atoms with van der Waals surface area (Å²) in [7, 11) is 6.61. The number of rotatable bonds is 4. The predicted molar refractivity (Wildman–Crippen MR) is 60.4 cm³/mol. The first kappa shape index (κ1) is 12.5. The number of nitrogens with zero attached hydrogens (tertiary/aromatic N) is 1. The Kier molecular flexibility index (Phi) is 3.77. The van der Waals surface area contributed by atoms with Crippen molar-refractivity contribution in [1.82, 2.24) is 0 Å². The largest absolute Gasteiger partial charge is 0.465 e. The molecule has 0 aliphatic heterocycles. The van der Waals surface area contributed by atoms with E-state index < -0.39 is 0 Å². The van der Waals surface area contributed by atoms with Crippen LogP contribution in [0.5, 0.6) is 0 Å². The highest BCUT2D eigenvalue weighted by molar-refractivity contribution is 5.65. The summed E-state index contributed by atoms with van der Waals surface area (Å²) in [6.45, 7) is 3.20. The van der Waals surface area contributed by atoms with Crippen molar-refractivity contribution >= 4 is 5.97 Å². The predicted octanol–water partition coefficient (Wildman–Crippen LogP) is 1.82. The van der Waals surface area contributed by atoms with E-state index in [0.717, 1.165) is 11.0 Å². The molecule has 0 bridgehead atoms. The van der Waals surface area contributed by atoms with Crippen molar-refractivity contribution in [1.29, 1.82) is 0 Å². The molecule has 0 N–H and O–H groups in total. The monoisotopic (exact) mass is 214 g/mol. The van der Waals surface area contributed by atoms with Crippen LogP contribution < -0.4 is 0 Å². The topological polar surface area (TPSA) is 26.3 Å². The fourth-order valence-corrected chi connectivity index (χ4v) is 2.73. The van der Waals surface area contributed by atoms with E-state index in [9.17, 15) is 4.79 Å². The van der Waals surface area contributed by atoms with Crippen molar-refractivity contribution < 1.29 is 14.0 Å². The van der Waals surface area contributed by atoms with Gasteiger partial charge < -0.3 is 9.22 Å². The van der Waals surface area contributed by atoms with E-state index in [-0.39, 0.29) is 11.4 Å². The molecule has 0 heterocycles. The van der Waals surface area contributed by atoms with Gasteiger partial charge in [0.2, 0.25) is 0 Å². The molecule has 3 nitrogen and oxygen atoms in total. The third-order valence-corrected chi connectivity index (χ3v) is 3.06. The number of ether oxygens (including phenoxy) is 1. The van der Waals surface area contributed by atoms with Crippen LogP contribution in [0.15, 0.2) is 0 Å². The maximum atomic E-state index is 10.9. The molecule has 3 heteroatoms. The summed E-state index contributed by atoms with van der Waals surface area (Å²) in [5.74, 6) is -0.150. The van der Waals surface area contributed by atoms with Crippen LogP contribution in [-0.4, -0.2) is 44.7 Å². The summed E-state index contributed by atoms with van der Waals surface area (Å²) in [6.07, 6.45) is 4.97. The zero-order chi connectivity index (χ0) is 11.5. The Morgan fingerprint density at radius 3 is 2.20 bits per heavy atom. The molecule has 0 spiro atoms. The number of hydrogen-bond donors (Lipinski definition) is 0. The van der Waals surface area contributed by atoms with Crippen LogP contribution in [0.3, 0.4) is 0 Å². The normalized spacial score (nSPS) is 20.3. The Hall–Kier alpha value is -0.570. The minimum absolute atomic E-state index is 0.150. The van der Waals surface area contributed by atoms with Gasteiger partial charge in [-0.25, -0.2) is 0 Å². The van der Waals surface area contributed by atoms with Crippen molar-refractivity contribution in [2.75, 3.05) is 34.3 Å². The summed E-state index contributed by atoms with van der Waals surface area (Å²) in [6, 6.07) is 0. The lowest BCUT2D eigenvalue weighted by molar-refractivity contribution is -0.877. The molecule has 0 saturated heterocycles. The van der Waals surface area contributed by atoms with E-state index in [4.69, 9.17) is 4.74 Å². The lowest BCUT2D eigenvalue weighted by atomic mass is 9.86. The first-order valence-corrected chi connectivity index (χ1v) is 5.77. The fourth-order valence-electron chi connectivity index (χ4n) is 2.73. The Morgan fingerprint density at radius 1 is 1.27 bits per heavy atom. The van der Waals surface area contributed by atoms with Gasteiger partial charge in [-0.3, -0.25) is 4.79 Å². The average molecular weight is 214 g/mol. The Labute approximate surface area is 93.0 Å². The van der Waals surface area contributed by atoms with E-state index in [2.05, 4.69) is 21.1 Å². The van der Waals surface area contributed by atoms with E-state index in [1.54, 1.807) is 0 Å². The SMILES string of the molecule is CC(=O)OCC1(C[N+](C)(C)C)CCCC1. The number of carbonyl (C=O) groups is 1. The summed E-state index contributed by atoms with van der Waals surface area (Å²) in [5, 5.41) is 0.